The van der Waals surface area contributed by atoms with Crippen LogP contribution in [0.25, 0.3) is 0 Å². The smallest absolute Gasteiger partial charge is 0.0213 e. The van der Waals surface area contributed by atoms with Gasteiger partial charge in [0.1, 0.15) is 0 Å². The maximum atomic E-state index is 3.74. The molecule has 1 N–H and O–H groups in total. The Balaban J connectivity index is 2.15. The predicted molar refractivity (Wildman–Crippen MR) is 86.5 cm³/mol. The molecule has 1 aliphatic carbocycles. The number of hydrogen-bond donors (Lipinski definition) is 1. The van der Waals surface area contributed by atoms with Crippen molar-refractivity contribution in [1.82, 2.24) is 5.32 Å². The predicted octanol–water partition coefficient (Wildman–Crippen LogP) is 4.75. The highest BCUT2D eigenvalue weighted by molar-refractivity contribution is 9.10. The second-order valence-corrected chi connectivity index (χ2v) is 7.20. The van der Waals surface area contributed by atoms with Gasteiger partial charge in [0.2, 0.25) is 0 Å². The van der Waals surface area contributed by atoms with Gasteiger partial charge in [-0.3, -0.25) is 0 Å². The second-order valence-electron chi connectivity index (χ2n) is 6.35. The van der Waals surface area contributed by atoms with Crippen LogP contribution in [-0.4, -0.2) is 13.1 Å². The summed E-state index contributed by atoms with van der Waals surface area (Å²) in [6.07, 6.45) is 3.85. The molecule has 0 heterocycles. The van der Waals surface area contributed by atoms with E-state index in [2.05, 4.69) is 66.3 Å². The molecule has 1 aromatic rings. The third kappa shape index (κ3) is 3.22. The Labute approximate surface area is 126 Å². The molecule has 0 unspecified atom stereocenters. The average Bonchev–Trinajstić information content (AvgIpc) is 2.33. The minimum absolute atomic E-state index is 0.351. The van der Waals surface area contributed by atoms with Gasteiger partial charge in [0.05, 0.1) is 0 Å². The van der Waals surface area contributed by atoms with E-state index in [0.29, 0.717) is 5.41 Å². The quantitative estimate of drug-likeness (QED) is 0.745. The lowest BCUT2D eigenvalue weighted by Crippen LogP contribution is -2.50. The summed E-state index contributed by atoms with van der Waals surface area (Å²) in [5, 5.41) is 3.64. The summed E-state index contributed by atoms with van der Waals surface area (Å²) in [6.45, 7) is 9.18. The third-order valence-corrected chi connectivity index (χ3v) is 5.28. The largest absolute Gasteiger partial charge is 0.316 e. The van der Waals surface area contributed by atoms with Gasteiger partial charge < -0.3 is 5.32 Å². The fraction of sp³-hybridized carbons (Fsp3) is 0.647. The Morgan fingerprint density at radius 1 is 1.32 bits per heavy atom. The molecule has 1 aromatic carbocycles. The number of rotatable bonds is 6. The molecule has 0 saturated heterocycles. The van der Waals surface area contributed by atoms with Crippen LogP contribution in [0.15, 0.2) is 28.7 Å². The molecule has 19 heavy (non-hydrogen) atoms. The molecular formula is C17H26BrN. The van der Waals surface area contributed by atoms with Crippen LogP contribution >= 0.6 is 15.9 Å². The minimum Gasteiger partial charge on any atom is -0.316 e. The van der Waals surface area contributed by atoms with Crippen LogP contribution in [0.2, 0.25) is 0 Å². The Kier molecular flexibility index (Phi) is 5.08. The van der Waals surface area contributed by atoms with Crippen molar-refractivity contribution >= 4 is 15.9 Å². The first-order valence-electron chi connectivity index (χ1n) is 7.55. The molecule has 0 amide bonds. The highest BCUT2D eigenvalue weighted by Crippen LogP contribution is 2.51. The van der Waals surface area contributed by atoms with Gasteiger partial charge in [-0.1, -0.05) is 54.9 Å². The van der Waals surface area contributed by atoms with E-state index < -0.39 is 0 Å². The van der Waals surface area contributed by atoms with Crippen LogP contribution in [0.1, 0.15) is 45.6 Å². The lowest BCUT2D eigenvalue weighted by atomic mass is 9.56. The zero-order valence-corrected chi connectivity index (χ0v) is 14.0. The van der Waals surface area contributed by atoms with E-state index in [1.165, 1.54) is 29.3 Å². The summed E-state index contributed by atoms with van der Waals surface area (Å²) in [5.74, 6) is 1.69. The molecule has 0 radical (unpaired) electrons. The van der Waals surface area contributed by atoms with Crippen LogP contribution in [-0.2, 0) is 5.41 Å². The van der Waals surface area contributed by atoms with Gasteiger partial charge in [0.25, 0.3) is 0 Å². The Hall–Kier alpha value is -0.340. The molecule has 1 saturated carbocycles. The maximum Gasteiger partial charge on any atom is 0.0213 e. The van der Waals surface area contributed by atoms with E-state index in [1.54, 1.807) is 0 Å². The van der Waals surface area contributed by atoms with E-state index >= 15 is 0 Å². The van der Waals surface area contributed by atoms with Crippen LogP contribution in [0.5, 0.6) is 0 Å². The van der Waals surface area contributed by atoms with E-state index in [0.717, 1.165) is 24.9 Å². The van der Waals surface area contributed by atoms with Crippen molar-refractivity contribution in [1.29, 1.82) is 0 Å². The van der Waals surface area contributed by atoms with Crippen molar-refractivity contribution in [3.05, 3.63) is 34.3 Å². The molecule has 1 nitrogen and oxygen atoms in total. The fourth-order valence-electron chi connectivity index (χ4n) is 3.27. The molecule has 0 spiro atoms. The summed E-state index contributed by atoms with van der Waals surface area (Å²) in [6, 6.07) is 8.76. The second kappa shape index (κ2) is 6.41. The van der Waals surface area contributed by atoms with Crippen LogP contribution in [0, 0.1) is 11.8 Å². The summed E-state index contributed by atoms with van der Waals surface area (Å²) in [4.78, 5) is 0. The van der Waals surface area contributed by atoms with Crippen molar-refractivity contribution in [3.63, 3.8) is 0 Å². The fourth-order valence-corrected chi connectivity index (χ4v) is 3.98. The van der Waals surface area contributed by atoms with Gasteiger partial charge in [-0.15, -0.1) is 0 Å². The Morgan fingerprint density at radius 3 is 2.58 bits per heavy atom. The topological polar surface area (TPSA) is 12.0 Å². The normalized spacial score (nSPS) is 26.5. The van der Waals surface area contributed by atoms with Crippen molar-refractivity contribution in [2.24, 2.45) is 11.8 Å². The molecule has 2 rings (SSSR count). The summed E-state index contributed by atoms with van der Waals surface area (Å²) >= 11 is 3.74. The highest BCUT2D eigenvalue weighted by atomic mass is 79.9. The standard InChI is InChI=1S/C17H26BrN/c1-4-9-19-12-17(10-14(11-17)13(2)3)15-7-5-6-8-16(15)18/h5-8,13-14,19H,4,9-12H2,1-3H3. The molecule has 0 aliphatic heterocycles. The van der Waals surface area contributed by atoms with Gasteiger partial charge in [-0.05, 0) is 49.3 Å². The van der Waals surface area contributed by atoms with Crippen LogP contribution in [0.3, 0.4) is 0 Å². The zero-order chi connectivity index (χ0) is 13.9. The molecule has 1 fully saturated rings. The molecular weight excluding hydrogens is 298 g/mol. The Morgan fingerprint density at radius 2 is 2.00 bits per heavy atom. The van der Waals surface area contributed by atoms with E-state index in [4.69, 9.17) is 0 Å². The molecule has 0 bridgehead atoms. The number of benzene rings is 1. The lowest BCUT2D eigenvalue weighted by molar-refractivity contribution is 0.0973. The molecule has 1 aliphatic rings. The first-order valence-corrected chi connectivity index (χ1v) is 8.34. The highest BCUT2D eigenvalue weighted by Gasteiger charge is 2.46. The van der Waals surface area contributed by atoms with Gasteiger partial charge >= 0.3 is 0 Å². The lowest BCUT2D eigenvalue weighted by Gasteiger charge is -2.51. The van der Waals surface area contributed by atoms with Gasteiger partial charge in [-0.2, -0.15) is 0 Å². The number of halogens is 1. The monoisotopic (exact) mass is 323 g/mol. The summed E-state index contributed by atoms with van der Waals surface area (Å²) in [5.41, 5.74) is 1.85. The van der Waals surface area contributed by atoms with Crippen LogP contribution < -0.4 is 5.32 Å². The Bertz CT molecular complexity index is 407. The summed E-state index contributed by atoms with van der Waals surface area (Å²) in [7, 11) is 0. The zero-order valence-electron chi connectivity index (χ0n) is 12.4. The number of nitrogens with one attached hydrogen (secondary N) is 1. The first kappa shape index (κ1) is 15.1. The van der Waals surface area contributed by atoms with Crippen LogP contribution in [0.4, 0.5) is 0 Å². The van der Waals surface area contributed by atoms with Crippen molar-refractivity contribution in [2.75, 3.05) is 13.1 Å². The average molecular weight is 324 g/mol. The van der Waals surface area contributed by atoms with E-state index in [-0.39, 0.29) is 0 Å². The van der Waals surface area contributed by atoms with E-state index in [9.17, 15) is 0 Å². The van der Waals surface area contributed by atoms with E-state index in [1.807, 2.05) is 0 Å². The molecule has 2 heteroatoms. The summed E-state index contributed by atoms with van der Waals surface area (Å²) < 4.78 is 1.27. The maximum absolute atomic E-state index is 3.74. The van der Waals surface area contributed by atoms with Gasteiger partial charge in [0, 0.05) is 16.4 Å². The van der Waals surface area contributed by atoms with Crippen molar-refractivity contribution in [3.8, 4) is 0 Å². The van der Waals surface area contributed by atoms with Gasteiger partial charge in [0.15, 0.2) is 0 Å². The van der Waals surface area contributed by atoms with Crippen molar-refractivity contribution < 1.29 is 0 Å². The number of hydrogen-bond acceptors (Lipinski definition) is 1. The third-order valence-electron chi connectivity index (χ3n) is 4.58. The van der Waals surface area contributed by atoms with Crippen molar-refractivity contribution in [2.45, 2.75) is 45.4 Å². The first-order chi connectivity index (χ1) is 9.09. The van der Waals surface area contributed by atoms with Gasteiger partial charge in [-0.25, -0.2) is 0 Å². The molecule has 106 valence electrons. The molecule has 0 atom stereocenters. The SMILES string of the molecule is CCCNCC1(c2ccccc2Br)CC(C(C)C)C1. The minimum atomic E-state index is 0.351. The molecule has 0 aromatic heterocycles.